The maximum absolute atomic E-state index is 12.6. The van der Waals surface area contributed by atoms with Gasteiger partial charge in [0.25, 0.3) is 0 Å². The predicted molar refractivity (Wildman–Crippen MR) is 111 cm³/mol. The number of hydrogen-bond donors (Lipinski definition) is 0. The molecule has 0 aliphatic rings. The van der Waals surface area contributed by atoms with Crippen molar-refractivity contribution >= 4 is 30.3 Å². The Morgan fingerprint density at radius 1 is 0.774 bits per heavy atom. The molecule has 0 N–H and O–H groups in total. The Bertz CT molecular complexity index is 768. The molecule has 0 heterocycles. The Kier molecular flexibility index (Phi) is 12.7. The smallest absolute Gasteiger partial charge is 0.334 e. The second kappa shape index (κ2) is 14.1. The van der Waals surface area contributed by atoms with Crippen molar-refractivity contribution < 1.29 is 28.7 Å². The third kappa shape index (κ3) is 8.71. The van der Waals surface area contributed by atoms with Crippen LogP contribution in [0.25, 0.3) is 0 Å². The predicted octanol–water partition coefficient (Wildman–Crippen LogP) is 3.10. The van der Waals surface area contributed by atoms with E-state index < -0.39 is 22.6 Å². The molecule has 0 spiro atoms. The van der Waals surface area contributed by atoms with Crippen molar-refractivity contribution in [3.05, 3.63) is 0 Å². The zero-order chi connectivity index (χ0) is 23.8. The van der Waals surface area contributed by atoms with E-state index in [1.165, 1.54) is 24.3 Å². The molecule has 0 fully saturated rings. The number of rotatable bonds is 16. The minimum atomic E-state index is -1.36. The van der Waals surface area contributed by atoms with E-state index in [9.17, 15) is 24.0 Å². The van der Waals surface area contributed by atoms with Crippen molar-refractivity contribution in [3.8, 4) is 0 Å². The normalized spacial score (nSPS) is 14.3. The van der Waals surface area contributed by atoms with E-state index in [4.69, 9.17) is 4.74 Å². The minimum absolute atomic E-state index is 0.142. The highest BCUT2D eigenvalue weighted by molar-refractivity contribution is 5.82. The highest BCUT2D eigenvalue weighted by Crippen LogP contribution is 2.40. The molecule has 0 saturated carbocycles. The third-order valence-electron chi connectivity index (χ3n) is 5.54. The van der Waals surface area contributed by atoms with Crippen LogP contribution in [0.1, 0.15) is 72.6 Å². The molecule has 170 valence electrons. The summed E-state index contributed by atoms with van der Waals surface area (Å²) in [5, 5.41) is 0. The lowest BCUT2D eigenvalue weighted by atomic mass is 9.75. The van der Waals surface area contributed by atoms with Gasteiger partial charge >= 0.3 is 5.97 Å². The lowest BCUT2D eigenvalue weighted by molar-refractivity contribution is -0.150. The first-order valence-electron chi connectivity index (χ1n) is 10.2. The summed E-state index contributed by atoms with van der Waals surface area (Å²) in [4.78, 5) is 70.0. The molecule has 0 bridgehead atoms. The second-order valence-electron chi connectivity index (χ2n) is 7.90. The largest absolute Gasteiger partial charge is 0.464 e. The summed E-state index contributed by atoms with van der Waals surface area (Å²) in [6.45, 7) is 7.24. The Morgan fingerprint density at radius 2 is 1.29 bits per heavy atom. The van der Waals surface area contributed by atoms with Crippen LogP contribution in [0.15, 0.2) is 20.0 Å². The van der Waals surface area contributed by atoms with Gasteiger partial charge in [0.1, 0.15) is 0 Å². The first kappa shape index (κ1) is 28.0. The van der Waals surface area contributed by atoms with Crippen molar-refractivity contribution in [3.63, 3.8) is 0 Å². The van der Waals surface area contributed by atoms with Crippen LogP contribution in [-0.4, -0.2) is 54.6 Å². The van der Waals surface area contributed by atoms with Gasteiger partial charge in [-0.2, -0.15) is 15.0 Å². The number of aliphatic imine (C=N–C) groups is 4. The SMILES string of the molecule is CCOC(=O)C(CCCCN=C=O)(CCCCC(C)(C)C(C)(N=C=O)N=C=O)N=C=O. The summed E-state index contributed by atoms with van der Waals surface area (Å²) >= 11 is 0. The van der Waals surface area contributed by atoms with Crippen LogP contribution in [0.4, 0.5) is 0 Å². The first-order chi connectivity index (χ1) is 14.7. The number of ether oxygens (including phenoxy) is 1. The minimum Gasteiger partial charge on any atom is -0.464 e. The van der Waals surface area contributed by atoms with Crippen LogP contribution in [0.3, 0.4) is 0 Å². The van der Waals surface area contributed by atoms with Crippen LogP contribution >= 0.6 is 0 Å². The summed E-state index contributed by atoms with van der Waals surface area (Å²) in [6, 6.07) is 0. The Hall–Kier alpha value is -3.01. The second-order valence-corrected chi connectivity index (χ2v) is 7.90. The number of unbranched alkanes of at least 4 members (excludes halogenated alkanes) is 2. The maximum Gasteiger partial charge on any atom is 0.334 e. The van der Waals surface area contributed by atoms with Gasteiger partial charge in [0.2, 0.25) is 24.3 Å². The molecule has 0 aromatic heterocycles. The molecule has 0 aliphatic carbocycles. The standard InChI is InChI=1S/C21H30N4O6/c1-5-31-18(30)21(25-17-29,12-8-9-13-22-14-26)11-7-6-10-19(2,3)20(4,23-15-27)24-16-28/h5-13H2,1-4H3. The molecule has 0 aromatic carbocycles. The first-order valence-corrected chi connectivity index (χ1v) is 10.2. The van der Waals surface area contributed by atoms with Crippen LogP contribution in [0.2, 0.25) is 0 Å². The molecule has 0 rings (SSSR count). The zero-order valence-corrected chi connectivity index (χ0v) is 18.6. The Balaban J connectivity index is 5.34. The Labute approximate surface area is 182 Å². The van der Waals surface area contributed by atoms with E-state index in [0.717, 1.165) is 0 Å². The van der Waals surface area contributed by atoms with Crippen LogP contribution in [-0.2, 0) is 28.7 Å². The zero-order valence-electron chi connectivity index (χ0n) is 18.6. The van der Waals surface area contributed by atoms with E-state index in [0.29, 0.717) is 32.1 Å². The van der Waals surface area contributed by atoms with Gasteiger partial charge in [-0.05, 0) is 46.0 Å². The number of nitrogens with zero attached hydrogens (tertiary/aromatic N) is 4. The monoisotopic (exact) mass is 434 g/mol. The average Bonchev–Trinajstić information content (AvgIpc) is 2.71. The van der Waals surface area contributed by atoms with Crippen molar-refractivity contribution in [2.75, 3.05) is 13.2 Å². The molecule has 1 atom stereocenters. The molecule has 31 heavy (non-hydrogen) atoms. The van der Waals surface area contributed by atoms with E-state index in [1.54, 1.807) is 13.8 Å². The van der Waals surface area contributed by atoms with Gasteiger partial charge in [-0.1, -0.05) is 26.7 Å². The van der Waals surface area contributed by atoms with E-state index in [2.05, 4.69) is 20.0 Å². The third-order valence-corrected chi connectivity index (χ3v) is 5.54. The molecule has 0 aromatic rings. The number of esters is 1. The van der Waals surface area contributed by atoms with Gasteiger partial charge in [0, 0.05) is 5.41 Å². The molecule has 0 amide bonds. The number of carbonyl (C=O) groups excluding carboxylic acids is 5. The molecule has 0 radical (unpaired) electrons. The summed E-state index contributed by atoms with van der Waals surface area (Å²) in [6.07, 6.45) is 8.97. The average molecular weight is 434 g/mol. The van der Waals surface area contributed by atoms with Crippen molar-refractivity contribution in [1.29, 1.82) is 0 Å². The van der Waals surface area contributed by atoms with Gasteiger partial charge in [-0.3, -0.25) is 0 Å². The van der Waals surface area contributed by atoms with E-state index in [1.807, 2.05) is 13.8 Å². The maximum atomic E-state index is 12.6. The van der Waals surface area contributed by atoms with Crippen LogP contribution < -0.4 is 0 Å². The molecular formula is C21H30N4O6. The highest BCUT2D eigenvalue weighted by atomic mass is 16.5. The van der Waals surface area contributed by atoms with Crippen LogP contribution in [0, 0.1) is 5.41 Å². The molecule has 10 heteroatoms. The topological polar surface area (TPSA) is 144 Å². The fraction of sp³-hybridized carbons (Fsp3) is 0.762. The van der Waals surface area contributed by atoms with E-state index in [-0.39, 0.29) is 26.0 Å². The van der Waals surface area contributed by atoms with Crippen LogP contribution in [0.5, 0.6) is 0 Å². The highest BCUT2D eigenvalue weighted by Gasteiger charge is 2.42. The summed E-state index contributed by atoms with van der Waals surface area (Å²) in [7, 11) is 0. The molecule has 0 aliphatic heterocycles. The van der Waals surface area contributed by atoms with Gasteiger partial charge < -0.3 is 4.74 Å². The van der Waals surface area contributed by atoms with Gasteiger partial charge in [-0.25, -0.2) is 29.0 Å². The number of isocyanates is 4. The molecule has 10 nitrogen and oxygen atoms in total. The molecule has 0 saturated heterocycles. The van der Waals surface area contributed by atoms with Crippen molar-refractivity contribution in [2.45, 2.75) is 83.8 Å². The fourth-order valence-electron chi connectivity index (χ4n) is 3.22. The Morgan fingerprint density at radius 3 is 1.77 bits per heavy atom. The number of hydrogen-bond acceptors (Lipinski definition) is 10. The summed E-state index contributed by atoms with van der Waals surface area (Å²) in [5.74, 6) is -0.600. The quantitative estimate of drug-likeness (QED) is 0.158. The lowest BCUT2D eigenvalue weighted by Gasteiger charge is -2.36. The molecule has 1 unspecified atom stereocenters. The summed E-state index contributed by atoms with van der Waals surface area (Å²) < 4.78 is 5.14. The number of carbonyl (C=O) groups is 1. The van der Waals surface area contributed by atoms with Gasteiger partial charge in [-0.15, -0.1) is 0 Å². The van der Waals surface area contributed by atoms with Gasteiger partial charge in [0.05, 0.1) is 13.2 Å². The fourth-order valence-corrected chi connectivity index (χ4v) is 3.22. The van der Waals surface area contributed by atoms with Crippen molar-refractivity contribution in [2.24, 2.45) is 25.4 Å². The lowest BCUT2D eigenvalue weighted by Crippen LogP contribution is -2.40. The summed E-state index contributed by atoms with van der Waals surface area (Å²) in [5.41, 5.74) is -3.35. The molecular weight excluding hydrogens is 404 g/mol. The van der Waals surface area contributed by atoms with Gasteiger partial charge in [0.15, 0.2) is 11.2 Å². The van der Waals surface area contributed by atoms with Crippen molar-refractivity contribution in [1.82, 2.24) is 0 Å². The van der Waals surface area contributed by atoms with E-state index >= 15 is 0 Å².